The van der Waals surface area contributed by atoms with Gasteiger partial charge >= 0.3 is 0 Å². The second-order valence-corrected chi connectivity index (χ2v) is 16.1. The van der Waals surface area contributed by atoms with Gasteiger partial charge in [0.15, 0.2) is 11.6 Å². The van der Waals surface area contributed by atoms with E-state index >= 15 is 0 Å². The predicted octanol–water partition coefficient (Wildman–Crippen LogP) is 14.0. The highest BCUT2D eigenvalue weighted by Crippen LogP contribution is 2.41. The summed E-state index contributed by atoms with van der Waals surface area (Å²) >= 11 is 3.68. The second kappa shape index (κ2) is 13.5. The van der Waals surface area contributed by atoms with E-state index < -0.39 is 0 Å². The van der Waals surface area contributed by atoms with E-state index in [2.05, 4.69) is 168 Å². The third-order valence-corrected chi connectivity index (χ3v) is 12.7. The molecule has 0 N–H and O–H groups in total. The lowest BCUT2D eigenvalue weighted by molar-refractivity contribution is 1.17. The number of nitrogens with zero attached hydrogens (tertiary/aromatic N) is 4. The third kappa shape index (κ3) is 5.84. The zero-order valence-electron chi connectivity index (χ0n) is 29.9. The molecule has 11 aromatic rings. The van der Waals surface area contributed by atoms with Crippen molar-refractivity contribution >= 4 is 63.0 Å². The molecule has 4 nitrogen and oxygen atoms in total. The zero-order valence-corrected chi connectivity index (χ0v) is 31.6. The molecule has 0 amide bonds. The fourth-order valence-electron chi connectivity index (χ4n) is 7.62. The van der Waals surface area contributed by atoms with Gasteiger partial charge in [-0.15, -0.1) is 22.7 Å². The van der Waals surface area contributed by atoms with Gasteiger partial charge in [-0.1, -0.05) is 103 Å². The molecule has 7 aromatic carbocycles. The lowest BCUT2D eigenvalue weighted by Gasteiger charge is -2.13. The molecule has 262 valence electrons. The van der Waals surface area contributed by atoms with Gasteiger partial charge < -0.3 is 0 Å². The molecular weight excluding hydrogens is 721 g/mol. The summed E-state index contributed by atoms with van der Waals surface area (Å²) in [7, 11) is 0. The topological polar surface area (TPSA) is 51.6 Å². The Morgan fingerprint density at radius 3 is 1.34 bits per heavy atom. The molecule has 0 aliphatic carbocycles. The Morgan fingerprint density at radius 2 is 0.750 bits per heavy atom. The van der Waals surface area contributed by atoms with Crippen molar-refractivity contribution in [2.24, 2.45) is 0 Å². The molecule has 0 unspecified atom stereocenters. The van der Waals surface area contributed by atoms with E-state index in [1.54, 1.807) is 12.4 Å². The van der Waals surface area contributed by atoms with Crippen molar-refractivity contribution in [1.82, 2.24) is 19.9 Å². The standard InChI is InChI=1S/C50H30N4S2/c1-2-9-31(10-3-1)43-30-44(32-15-17-33(18-16-32)49-51-23-8-24-52-49)54-50(53-43)38-26-36(34-19-21-47-41(28-34)39-11-4-6-13-45(39)55-47)25-37(27-38)35-20-22-48-42(29-35)40-12-5-7-14-46(40)56-48/h1-30H. The Kier molecular flexibility index (Phi) is 7.83. The molecule has 0 spiro atoms. The fraction of sp³-hybridized carbons (Fsp3) is 0. The summed E-state index contributed by atoms with van der Waals surface area (Å²) in [5.74, 6) is 1.36. The van der Waals surface area contributed by atoms with Crippen LogP contribution in [0, 0.1) is 0 Å². The van der Waals surface area contributed by atoms with Crippen molar-refractivity contribution in [3.05, 3.63) is 182 Å². The Morgan fingerprint density at radius 1 is 0.286 bits per heavy atom. The van der Waals surface area contributed by atoms with Crippen molar-refractivity contribution in [2.75, 3.05) is 0 Å². The maximum absolute atomic E-state index is 5.30. The minimum absolute atomic E-state index is 0.670. The van der Waals surface area contributed by atoms with Gasteiger partial charge in [0, 0.05) is 75.0 Å². The first kappa shape index (κ1) is 32.6. The SMILES string of the molecule is c1ccc(-c2cc(-c3ccc(-c4ncccn4)cc3)nc(-c3cc(-c4ccc5sc6ccccc6c5c4)cc(-c4ccc5sc6ccccc6c5c4)c3)n2)cc1. The van der Waals surface area contributed by atoms with Crippen LogP contribution in [0.5, 0.6) is 0 Å². The highest BCUT2D eigenvalue weighted by atomic mass is 32.1. The largest absolute Gasteiger partial charge is 0.237 e. The van der Waals surface area contributed by atoms with E-state index in [9.17, 15) is 0 Å². The van der Waals surface area contributed by atoms with Crippen LogP contribution in [0.15, 0.2) is 182 Å². The molecule has 0 aliphatic rings. The van der Waals surface area contributed by atoms with Crippen LogP contribution in [-0.4, -0.2) is 19.9 Å². The van der Waals surface area contributed by atoms with E-state index in [0.717, 1.165) is 55.9 Å². The van der Waals surface area contributed by atoms with Crippen molar-refractivity contribution in [1.29, 1.82) is 0 Å². The van der Waals surface area contributed by atoms with E-state index in [-0.39, 0.29) is 0 Å². The second-order valence-electron chi connectivity index (χ2n) is 13.9. The van der Waals surface area contributed by atoms with E-state index in [4.69, 9.17) is 9.97 Å². The lowest BCUT2D eigenvalue weighted by Crippen LogP contribution is -1.97. The van der Waals surface area contributed by atoms with Crippen molar-refractivity contribution in [3.63, 3.8) is 0 Å². The predicted molar refractivity (Wildman–Crippen MR) is 236 cm³/mol. The van der Waals surface area contributed by atoms with Gasteiger partial charge in [0.05, 0.1) is 11.4 Å². The minimum atomic E-state index is 0.670. The quantitative estimate of drug-likeness (QED) is 0.170. The summed E-state index contributed by atoms with van der Waals surface area (Å²) in [6, 6.07) is 60.5. The Balaban J connectivity index is 1.11. The smallest absolute Gasteiger partial charge is 0.160 e. The molecule has 0 bridgehead atoms. The highest BCUT2D eigenvalue weighted by Gasteiger charge is 2.16. The number of hydrogen-bond acceptors (Lipinski definition) is 6. The molecule has 11 rings (SSSR count). The normalized spacial score (nSPS) is 11.6. The van der Waals surface area contributed by atoms with Crippen molar-refractivity contribution < 1.29 is 0 Å². The van der Waals surface area contributed by atoms with Crippen LogP contribution < -0.4 is 0 Å². The highest BCUT2D eigenvalue weighted by molar-refractivity contribution is 7.26. The fourth-order valence-corrected chi connectivity index (χ4v) is 9.79. The van der Waals surface area contributed by atoms with E-state index in [1.807, 2.05) is 34.8 Å². The van der Waals surface area contributed by atoms with Gasteiger partial charge in [-0.05, 0) is 89.0 Å². The van der Waals surface area contributed by atoms with Crippen LogP contribution in [-0.2, 0) is 0 Å². The molecule has 0 atom stereocenters. The van der Waals surface area contributed by atoms with Crippen molar-refractivity contribution in [3.8, 4) is 67.5 Å². The molecule has 0 fully saturated rings. The van der Waals surface area contributed by atoms with Crippen LogP contribution in [0.4, 0.5) is 0 Å². The summed E-state index contributed by atoms with van der Waals surface area (Å²) < 4.78 is 5.17. The molecule has 6 heteroatoms. The minimum Gasteiger partial charge on any atom is -0.237 e. The first-order valence-electron chi connectivity index (χ1n) is 18.5. The summed E-state index contributed by atoms with van der Waals surface area (Å²) in [5.41, 5.74) is 10.2. The average Bonchev–Trinajstić information content (AvgIpc) is 3.84. The van der Waals surface area contributed by atoms with Crippen LogP contribution in [0.1, 0.15) is 0 Å². The Hall–Kier alpha value is -6.86. The number of fused-ring (bicyclic) bond motifs is 6. The molecule has 0 saturated carbocycles. The molecular formula is C50H30N4S2. The molecule has 0 radical (unpaired) electrons. The number of rotatable bonds is 6. The van der Waals surface area contributed by atoms with Crippen LogP contribution in [0.2, 0.25) is 0 Å². The lowest BCUT2D eigenvalue weighted by atomic mass is 9.94. The Labute approximate surface area is 331 Å². The summed E-state index contributed by atoms with van der Waals surface area (Å²) in [6.45, 7) is 0. The van der Waals surface area contributed by atoms with Gasteiger partial charge in [0.1, 0.15) is 0 Å². The maximum atomic E-state index is 5.30. The summed E-state index contributed by atoms with van der Waals surface area (Å²) in [6.07, 6.45) is 3.53. The summed E-state index contributed by atoms with van der Waals surface area (Å²) in [5, 5.41) is 5.12. The maximum Gasteiger partial charge on any atom is 0.160 e. The molecule has 0 aliphatic heterocycles. The van der Waals surface area contributed by atoms with Gasteiger partial charge in [-0.2, -0.15) is 0 Å². The third-order valence-electron chi connectivity index (χ3n) is 10.4. The first-order valence-corrected chi connectivity index (χ1v) is 20.1. The molecule has 4 heterocycles. The van der Waals surface area contributed by atoms with Crippen LogP contribution in [0.3, 0.4) is 0 Å². The number of thiophene rings is 2. The number of benzene rings is 7. The van der Waals surface area contributed by atoms with Gasteiger partial charge in [0.2, 0.25) is 0 Å². The molecule has 0 saturated heterocycles. The van der Waals surface area contributed by atoms with Crippen molar-refractivity contribution in [2.45, 2.75) is 0 Å². The molecule has 4 aromatic heterocycles. The zero-order chi connectivity index (χ0) is 37.0. The van der Waals surface area contributed by atoms with E-state index in [0.29, 0.717) is 11.6 Å². The van der Waals surface area contributed by atoms with Crippen LogP contribution >= 0.6 is 22.7 Å². The van der Waals surface area contributed by atoms with Crippen LogP contribution in [0.25, 0.3) is 108 Å². The van der Waals surface area contributed by atoms with E-state index in [1.165, 1.54) is 40.3 Å². The monoisotopic (exact) mass is 750 g/mol. The van der Waals surface area contributed by atoms with Gasteiger partial charge in [-0.25, -0.2) is 19.9 Å². The average molecular weight is 751 g/mol. The first-order chi connectivity index (χ1) is 27.7. The van der Waals surface area contributed by atoms with Gasteiger partial charge in [0.25, 0.3) is 0 Å². The Bertz CT molecular complexity index is 3110. The number of aromatic nitrogens is 4. The number of hydrogen-bond donors (Lipinski definition) is 0. The summed E-state index contributed by atoms with van der Waals surface area (Å²) in [4.78, 5) is 19.5. The molecule has 56 heavy (non-hydrogen) atoms. The van der Waals surface area contributed by atoms with Gasteiger partial charge in [-0.3, -0.25) is 0 Å².